The van der Waals surface area contributed by atoms with Crippen molar-refractivity contribution in [2.24, 2.45) is 0 Å². The van der Waals surface area contributed by atoms with Crippen molar-refractivity contribution >= 4 is 8.18 Å². The Kier molecular flexibility index (Phi) is 5.74. The van der Waals surface area contributed by atoms with Crippen LogP contribution in [0.5, 0.6) is 5.75 Å². The lowest BCUT2D eigenvalue weighted by atomic mass is 9.96. The fourth-order valence-corrected chi connectivity index (χ4v) is 3.63. The van der Waals surface area contributed by atoms with Crippen molar-refractivity contribution in [1.29, 1.82) is 0 Å². The van der Waals surface area contributed by atoms with Crippen molar-refractivity contribution in [3.8, 4) is 5.75 Å². The van der Waals surface area contributed by atoms with E-state index in [2.05, 4.69) is 0 Å². The third kappa shape index (κ3) is 5.39. The lowest BCUT2D eigenvalue weighted by Gasteiger charge is -2.29. The van der Waals surface area contributed by atoms with Gasteiger partial charge in [0.15, 0.2) is 5.75 Å². The van der Waals surface area contributed by atoms with E-state index in [1.807, 2.05) is 51.1 Å². The first-order chi connectivity index (χ1) is 9.96. The van der Waals surface area contributed by atoms with Crippen LogP contribution < -0.4 is 4.52 Å². The highest BCUT2D eigenvalue weighted by atomic mass is 31.1. The largest absolute Gasteiger partial charge is 0.693 e. The smallest absolute Gasteiger partial charge is 0.250 e. The second-order valence-corrected chi connectivity index (χ2v) is 7.49. The first-order valence-electron chi connectivity index (χ1n) is 7.64. The number of hydroxylamine groups is 1. The molecule has 0 aromatic heterocycles. The van der Waals surface area contributed by atoms with Crippen LogP contribution in [0, 0.1) is 0 Å². The Morgan fingerprint density at radius 3 is 2.29 bits per heavy atom. The average Bonchev–Trinajstić information content (AvgIpc) is 2.46. The molecule has 0 heterocycles. The summed E-state index contributed by atoms with van der Waals surface area (Å²) in [6, 6.07) is 9.43. The lowest BCUT2D eigenvalue weighted by molar-refractivity contribution is -0.197. The van der Waals surface area contributed by atoms with Crippen LogP contribution in [0.1, 0.15) is 52.9 Å². The van der Waals surface area contributed by atoms with Crippen LogP contribution in [-0.4, -0.2) is 16.5 Å². The van der Waals surface area contributed by atoms with Crippen molar-refractivity contribution in [3.63, 3.8) is 0 Å². The second kappa shape index (κ2) is 7.35. The first kappa shape index (κ1) is 16.4. The summed E-state index contributed by atoms with van der Waals surface area (Å²) < 4.78 is 18.2. The Morgan fingerprint density at radius 2 is 1.71 bits per heavy atom. The summed E-state index contributed by atoms with van der Waals surface area (Å²) in [5.74, 6) is 0.608. The summed E-state index contributed by atoms with van der Waals surface area (Å²) in [4.78, 5) is 7.53. The van der Waals surface area contributed by atoms with Crippen LogP contribution in [0.25, 0.3) is 0 Å². The van der Waals surface area contributed by atoms with Crippen molar-refractivity contribution in [1.82, 2.24) is 4.83 Å². The molecule has 0 aliphatic heterocycles. The van der Waals surface area contributed by atoms with E-state index in [1.54, 1.807) is 4.83 Å². The molecule has 0 radical (unpaired) electrons. The molecule has 1 fully saturated rings. The third-order valence-electron chi connectivity index (χ3n) is 3.34. The lowest BCUT2D eigenvalue weighted by Crippen LogP contribution is -2.38. The monoisotopic (exact) mass is 310 g/mol. The molecule has 1 aromatic carbocycles. The molecule has 4 nitrogen and oxygen atoms in total. The van der Waals surface area contributed by atoms with Crippen LogP contribution in [-0.2, 0) is 9.40 Å². The Morgan fingerprint density at radius 1 is 1.10 bits per heavy atom. The summed E-state index contributed by atoms with van der Waals surface area (Å²) in [6.45, 7) is 5.90. The van der Waals surface area contributed by atoms with Crippen molar-refractivity contribution in [2.45, 2.75) is 64.5 Å². The molecule has 0 spiro atoms. The van der Waals surface area contributed by atoms with Crippen LogP contribution in [0.15, 0.2) is 30.3 Å². The van der Waals surface area contributed by atoms with E-state index in [0.29, 0.717) is 5.75 Å². The SMILES string of the molecule is CC(C)(C)ON(C1CCCCC1)[P+](=O)Oc1ccccc1. The average molecular weight is 310 g/mol. The Hall–Kier alpha value is -0.960. The number of rotatable bonds is 5. The topological polar surface area (TPSA) is 38.8 Å². The van der Waals surface area contributed by atoms with Gasteiger partial charge in [0, 0.05) is 4.57 Å². The van der Waals surface area contributed by atoms with Crippen LogP contribution in [0.4, 0.5) is 0 Å². The van der Waals surface area contributed by atoms with Gasteiger partial charge in [-0.25, -0.2) is 9.36 Å². The van der Waals surface area contributed by atoms with Crippen LogP contribution >= 0.6 is 8.18 Å². The maximum absolute atomic E-state index is 12.6. The van der Waals surface area contributed by atoms with Crippen molar-refractivity contribution in [2.75, 3.05) is 0 Å². The number of para-hydroxylation sites is 1. The quantitative estimate of drug-likeness (QED) is 0.561. The second-order valence-electron chi connectivity index (χ2n) is 6.44. The minimum absolute atomic E-state index is 0.172. The van der Waals surface area contributed by atoms with Crippen molar-refractivity contribution < 1.29 is 13.9 Å². The molecule has 1 saturated carbocycles. The molecule has 5 heteroatoms. The van der Waals surface area contributed by atoms with E-state index in [4.69, 9.17) is 9.36 Å². The van der Waals surface area contributed by atoms with E-state index in [1.165, 1.54) is 6.42 Å². The summed E-state index contributed by atoms with van der Waals surface area (Å²) >= 11 is 0. The molecular weight excluding hydrogens is 285 g/mol. The van der Waals surface area contributed by atoms with E-state index >= 15 is 0 Å². The predicted molar refractivity (Wildman–Crippen MR) is 84.2 cm³/mol. The normalized spacial score (nSPS) is 17.8. The van der Waals surface area contributed by atoms with Gasteiger partial charge in [-0.05, 0) is 45.7 Å². The van der Waals surface area contributed by atoms with Gasteiger partial charge in [-0.3, -0.25) is 0 Å². The van der Waals surface area contributed by atoms with Gasteiger partial charge in [-0.15, -0.1) is 0 Å². The van der Waals surface area contributed by atoms with Gasteiger partial charge in [-0.1, -0.05) is 37.5 Å². The van der Waals surface area contributed by atoms with Gasteiger partial charge >= 0.3 is 8.18 Å². The standard InChI is InChI=1S/C16H25NO3P/c1-16(2,3)20-17(14-10-6-4-7-11-14)21(18)19-15-12-8-5-9-13-15/h5,8-9,12-14H,4,6-7,10-11H2,1-3H3/q+1. The maximum atomic E-state index is 12.6. The minimum Gasteiger partial charge on any atom is -0.250 e. The van der Waals surface area contributed by atoms with Gasteiger partial charge in [0.1, 0.15) is 0 Å². The van der Waals surface area contributed by atoms with Gasteiger partial charge in [0.25, 0.3) is 0 Å². The zero-order valence-electron chi connectivity index (χ0n) is 13.1. The van der Waals surface area contributed by atoms with E-state index in [0.717, 1.165) is 25.7 Å². The molecule has 1 aliphatic carbocycles. The molecule has 0 saturated heterocycles. The molecule has 0 amide bonds. The Labute approximate surface area is 128 Å². The third-order valence-corrected chi connectivity index (χ3v) is 4.44. The summed E-state index contributed by atoms with van der Waals surface area (Å²) in [5.41, 5.74) is -0.386. The minimum atomic E-state index is -2.05. The number of hydrogen-bond acceptors (Lipinski definition) is 3. The molecule has 1 aliphatic rings. The summed E-state index contributed by atoms with van der Waals surface area (Å²) in [6.07, 6.45) is 5.58. The Bertz CT molecular complexity index is 452. The zero-order valence-corrected chi connectivity index (χ0v) is 14.0. The highest BCUT2D eigenvalue weighted by Crippen LogP contribution is 2.39. The van der Waals surface area contributed by atoms with E-state index < -0.39 is 8.18 Å². The van der Waals surface area contributed by atoms with E-state index in [-0.39, 0.29) is 11.6 Å². The highest BCUT2D eigenvalue weighted by Gasteiger charge is 2.43. The molecular formula is C16H25NO3P+. The molecule has 116 valence electrons. The molecule has 0 N–H and O–H groups in total. The maximum Gasteiger partial charge on any atom is 0.693 e. The number of benzene rings is 1. The summed E-state index contributed by atoms with van der Waals surface area (Å²) in [5, 5.41) is 0. The fraction of sp³-hybridized carbons (Fsp3) is 0.625. The van der Waals surface area contributed by atoms with Gasteiger partial charge in [0.2, 0.25) is 0 Å². The van der Waals surface area contributed by atoms with E-state index in [9.17, 15) is 4.57 Å². The number of hydrogen-bond donors (Lipinski definition) is 0. The first-order valence-corrected chi connectivity index (χ1v) is 8.77. The Balaban J connectivity index is 2.08. The molecule has 1 atom stereocenters. The molecule has 1 unspecified atom stereocenters. The molecule has 0 bridgehead atoms. The van der Waals surface area contributed by atoms with Gasteiger partial charge < -0.3 is 0 Å². The highest BCUT2D eigenvalue weighted by molar-refractivity contribution is 7.36. The fourth-order valence-electron chi connectivity index (χ4n) is 2.44. The zero-order chi connectivity index (χ0) is 15.3. The predicted octanol–water partition coefficient (Wildman–Crippen LogP) is 5.09. The van der Waals surface area contributed by atoms with Gasteiger partial charge in [0.05, 0.1) is 16.5 Å². The summed E-state index contributed by atoms with van der Waals surface area (Å²) in [7, 11) is -2.05. The molecule has 1 aromatic rings. The van der Waals surface area contributed by atoms with Gasteiger partial charge in [-0.2, -0.15) is 0 Å². The van der Waals surface area contributed by atoms with Crippen LogP contribution in [0.2, 0.25) is 0 Å². The molecule has 2 rings (SSSR count). The van der Waals surface area contributed by atoms with Crippen LogP contribution in [0.3, 0.4) is 0 Å². The number of nitrogens with zero attached hydrogens (tertiary/aromatic N) is 1. The van der Waals surface area contributed by atoms with Crippen molar-refractivity contribution in [3.05, 3.63) is 30.3 Å². The molecule has 21 heavy (non-hydrogen) atoms.